The highest BCUT2D eigenvalue weighted by Gasteiger charge is 1.97. The van der Waals surface area contributed by atoms with Gasteiger partial charge in [-0.15, -0.1) is 0 Å². The molecule has 1 aromatic rings. The molecule has 1 rings (SSSR count). The van der Waals surface area contributed by atoms with E-state index in [0.717, 1.165) is 5.56 Å². The maximum atomic E-state index is 10.8. The molecule has 4 nitrogen and oxygen atoms in total. The Labute approximate surface area is 95.6 Å². The first-order valence-electron chi connectivity index (χ1n) is 5.23. The Balaban J connectivity index is 1.98. The number of carbonyl (C=O) groups is 1. The number of ether oxygens (including phenoxy) is 2. The van der Waals surface area contributed by atoms with Gasteiger partial charge in [-0.1, -0.05) is 30.3 Å². The average molecular weight is 223 g/mol. The van der Waals surface area contributed by atoms with Gasteiger partial charge in [-0.3, -0.25) is 4.79 Å². The summed E-state index contributed by atoms with van der Waals surface area (Å²) in [5.41, 5.74) is 1.13. The van der Waals surface area contributed by atoms with Crippen molar-refractivity contribution in [2.45, 2.75) is 6.61 Å². The average Bonchev–Trinajstić information content (AvgIpc) is 2.34. The third-order valence-corrected chi connectivity index (χ3v) is 2.00. The van der Waals surface area contributed by atoms with Gasteiger partial charge in [-0.25, -0.2) is 0 Å². The minimum Gasteiger partial charge on any atom is -0.374 e. The molecule has 0 fully saturated rings. The zero-order chi connectivity index (χ0) is 11.6. The molecule has 1 N–H and O–H groups in total. The largest absolute Gasteiger partial charge is 0.374 e. The number of hydrogen-bond acceptors (Lipinski definition) is 3. The van der Waals surface area contributed by atoms with Crippen LogP contribution in [0.25, 0.3) is 0 Å². The second kappa shape index (κ2) is 7.84. The van der Waals surface area contributed by atoms with Gasteiger partial charge < -0.3 is 14.8 Å². The highest BCUT2D eigenvalue weighted by Crippen LogP contribution is 1.99. The van der Waals surface area contributed by atoms with E-state index < -0.39 is 0 Å². The fourth-order valence-electron chi connectivity index (χ4n) is 1.12. The summed E-state index contributed by atoms with van der Waals surface area (Å²) in [7, 11) is 1.58. The molecule has 0 aliphatic carbocycles. The summed E-state index contributed by atoms with van der Waals surface area (Å²) < 4.78 is 10.5. The molecule has 16 heavy (non-hydrogen) atoms. The molecule has 4 heteroatoms. The lowest BCUT2D eigenvalue weighted by atomic mass is 10.2. The second-order valence-electron chi connectivity index (χ2n) is 3.26. The maximum Gasteiger partial charge on any atom is 0.245 e. The first kappa shape index (κ1) is 12.7. The van der Waals surface area contributed by atoms with Crippen molar-refractivity contribution in [1.29, 1.82) is 0 Å². The predicted molar refractivity (Wildman–Crippen MR) is 61.0 cm³/mol. The van der Waals surface area contributed by atoms with Gasteiger partial charge in [0, 0.05) is 7.05 Å². The van der Waals surface area contributed by atoms with Crippen molar-refractivity contribution in [1.82, 2.24) is 5.32 Å². The molecule has 0 unspecified atom stereocenters. The summed E-state index contributed by atoms with van der Waals surface area (Å²) >= 11 is 0. The van der Waals surface area contributed by atoms with Crippen molar-refractivity contribution < 1.29 is 14.3 Å². The van der Waals surface area contributed by atoms with Gasteiger partial charge in [0.25, 0.3) is 0 Å². The minimum absolute atomic E-state index is 0.0885. The molecule has 0 saturated carbocycles. The molecular weight excluding hydrogens is 206 g/mol. The SMILES string of the molecule is CNC(=O)COCCOCc1ccccc1. The van der Waals surface area contributed by atoms with Crippen LogP contribution in [0.3, 0.4) is 0 Å². The molecule has 0 aromatic heterocycles. The van der Waals surface area contributed by atoms with Crippen LogP contribution in [-0.2, 0) is 20.9 Å². The van der Waals surface area contributed by atoms with E-state index in [0.29, 0.717) is 19.8 Å². The smallest absolute Gasteiger partial charge is 0.245 e. The van der Waals surface area contributed by atoms with Crippen molar-refractivity contribution in [3.8, 4) is 0 Å². The number of nitrogens with one attached hydrogen (secondary N) is 1. The van der Waals surface area contributed by atoms with Gasteiger partial charge in [0.15, 0.2) is 0 Å². The van der Waals surface area contributed by atoms with Gasteiger partial charge in [0.2, 0.25) is 5.91 Å². The van der Waals surface area contributed by atoms with Gasteiger partial charge in [0.1, 0.15) is 6.61 Å². The van der Waals surface area contributed by atoms with E-state index in [1.54, 1.807) is 7.05 Å². The summed E-state index contributed by atoms with van der Waals surface area (Å²) in [6, 6.07) is 9.92. The van der Waals surface area contributed by atoms with Crippen molar-refractivity contribution in [3.05, 3.63) is 35.9 Å². The molecule has 0 aliphatic heterocycles. The Kier molecular flexibility index (Phi) is 6.22. The van der Waals surface area contributed by atoms with Crippen molar-refractivity contribution >= 4 is 5.91 Å². The van der Waals surface area contributed by atoms with Crippen LogP contribution in [-0.4, -0.2) is 32.8 Å². The van der Waals surface area contributed by atoms with Crippen LogP contribution in [0.5, 0.6) is 0 Å². The Morgan fingerprint density at radius 3 is 2.56 bits per heavy atom. The fourth-order valence-corrected chi connectivity index (χ4v) is 1.12. The molecule has 1 aromatic carbocycles. The summed E-state index contributed by atoms with van der Waals surface area (Å²) in [5.74, 6) is -0.122. The van der Waals surface area contributed by atoms with E-state index in [1.807, 2.05) is 30.3 Å². The van der Waals surface area contributed by atoms with E-state index in [1.165, 1.54) is 0 Å². The topological polar surface area (TPSA) is 47.6 Å². The molecular formula is C12H17NO3. The number of benzene rings is 1. The molecule has 0 radical (unpaired) electrons. The molecule has 0 spiro atoms. The van der Waals surface area contributed by atoms with Crippen molar-refractivity contribution in [3.63, 3.8) is 0 Å². The van der Waals surface area contributed by atoms with Gasteiger partial charge in [-0.2, -0.15) is 0 Å². The molecule has 1 amide bonds. The van der Waals surface area contributed by atoms with E-state index in [4.69, 9.17) is 9.47 Å². The van der Waals surface area contributed by atoms with E-state index >= 15 is 0 Å². The van der Waals surface area contributed by atoms with E-state index in [2.05, 4.69) is 5.32 Å². The normalized spacial score (nSPS) is 10.1. The molecule has 0 atom stereocenters. The van der Waals surface area contributed by atoms with Crippen molar-refractivity contribution in [2.75, 3.05) is 26.9 Å². The summed E-state index contributed by atoms with van der Waals surface area (Å²) in [4.78, 5) is 10.8. The summed E-state index contributed by atoms with van der Waals surface area (Å²) in [5, 5.41) is 2.48. The Morgan fingerprint density at radius 2 is 1.88 bits per heavy atom. The van der Waals surface area contributed by atoms with E-state index in [-0.39, 0.29) is 12.5 Å². The third kappa shape index (κ3) is 5.48. The molecule has 88 valence electrons. The molecule has 0 bridgehead atoms. The van der Waals surface area contributed by atoms with E-state index in [9.17, 15) is 4.79 Å². The Hall–Kier alpha value is -1.39. The van der Waals surface area contributed by atoms with Gasteiger partial charge in [0.05, 0.1) is 19.8 Å². The fraction of sp³-hybridized carbons (Fsp3) is 0.417. The second-order valence-corrected chi connectivity index (χ2v) is 3.26. The number of rotatable bonds is 7. The number of amides is 1. The summed E-state index contributed by atoms with van der Waals surface area (Å²) in [6.45, 7) is 1.58. The zero-order valence-electron chi connectivity index (χ0n) is 9.44. The Bertz CT molecular complexity index is 300. The lowest BCUT2D eigenvalue weighted by Crippen LogP contribution is -2.24. The van der Waals surface area contributed by atoms with Crippen LogP contribution in [0.2, 0.25) is 0 Å². The lowest BCUT2D eigenvalue weighted by molar-refractivity contribution is -0.125. The van der Waals surface area contributed by atoms with Crippen LogP contribution >= 0.6 is 0 Å². The Morgan fingerprint density at radius 1 is 1.19 bits per heavy atom. The number of likely N-dealkylation sites (N-methyl/N-ethyl adjacent to an activating group) is 1. The zero-order valence-corrected chi connectivity index (χ0v) is 9.44. The number of carbonyl (C=O) groups excluding carboxylic acids is 1. The lowest BCUT2D eigenvalue weighted by Gasteiger charge is -2.05. The number of hydrogen-bond donors (Lipinski definition) is 1. The molecule has 0 saturated heterocycles. The van der Waals surface area contributed by atoms with Crippen LogP contribution in [0.15, 0.2) is 30.3 Å². The van der Waals surface area contributed by atoms with Crippen LogP contribution in [0.4, 0.5) is 0 Å². The minimum atomic E-state index is -0.122. The third-order valence-electron chi connectivity index (χ3n) is 2.00. The standard InChI is InChI=1S/C12H17NO3/c1-13-12(14)10-16-8-7-15-9-11-5-3-2-4-6-11/h2-6H,7-10H2,1H3,(H,13,14). The van der Waals surface area contributed by atoms with Gasteiger partial charge in [-0.05, 0) is 5.56 Å². The van der Waals surface area contributed by atoms with Crippen LogP contribution < -0.4 is 5.32 Å². The van der Waals surface area contributed by atoms with Gasteiger partial charge >= 0.3 is 0 Å². The quantitative estimate of drug-likeness (QED) is 0.700. The highest BCUT2D eigenvalue weighted by atomic mass is 16.5. The predicted octanol–water partition coefficient (Wildman–Crippen LogP) is 0.966. The monoisotopic (exact) mass is 223 g/mol. The highest BCUT2D eigenvalue weighted by molar-refractivity contribution is 5.76. The molecule has 0 aliphatic rings. The van der Waals surface area contributed by atoms with Crippen LogP contribution in [0, 0.1) is 0 Å². The first-order chi connectivity index (χ1) is 7.83. The maximum absolute atomic E-state index is 10.8. The van der Waals surface area contributed by atoms with Crippen LogP contribution in [0.1, 0.15) is 5.56 Å². The molecule has 0 heterocycles. The first-order valence-corrected chi connectivity index (χ1v) is 5.23. The summed E-state index contributed by atoms with van der Waals surface area (Å²) in [6.07, 6.45) is 0. The van der Waals surface area contributed by atoms with Crippen molar-refractivity contribution in [2.24, 2.45) is 0 Å².